The number of rotatable bonds is 3. The van der Waals surface area contributed by atoms with Crippen molar-refractivity contribution in [3.63, 3.8) is 0 Å². The summed E-state index contributed by atoms with van der Waals surface area (Å²) >= 11 is 0. The first-order valence-electron chi connectivity index (χ1n) is 5.38. The highest BCUT2D eigenvalue weighted by atomic mass is 19.4. The summed E-state index contributed by atoms with van der Waals surface area (Å²) in [6, 6.07) is 4.79. The number of alkyl halides is 3. The molecule has 0 bridgehead atoms. The molecule has 96 valence electrons. The molecule has 0 N–H and O–H groups in total. The highest BCUT2D eigenvalue weighted by Crippen LogP contribution is 2.29. The lowest BCUT2D eigenvalue weighted by molar-refractivity contribution is -0.137. The van der Waals surface area contributed by atoms with Crippen LogP contribution < -0.4 is 0 Å². The molecule has 1 rings (SSSR count). The van der Waals surface area contributed by atoms with Gasteiger partial charge in [0.1, 0.15) is 0 Å². The van der Waals surface area contributed by atoms with Crippen molar-refractivity contribution < 1.29 is 13.2 Å². The summed E-state index contributed by atoms with van der Waals surface area (Å²) in [7, 11) is 0. The molecule has 1 aromatic carbocycles. The molecular weight excluding hydrogens is 239 g/mol. The molecule has 0 spiro atoms. The summed E-state index contributed by atoms with van der Waals surface area (Å²) in [4.78, 5) is 4.09. The molecule has 0 aromatic heterocycles. The predicted octanol–water partition coefficient (Wildman–Crippen LogP) is 4.71. The topological polar surface area (TPSA) is 12.4 Å². The van der Waals surface area contributed by atoms with E-state index in [-0.39, 0.29) is 0 Å². The van der Waals surface area contributed by atoms with Crippen molar-refractivity contribution in [2.24, 2.45) is 4.99 Å². The van der Waals surface area contributed by atoms with E-state index in [1.807, 2.05) is 19.9 Å². The maximum Gasteiger partial charge on any atom is 0.416 e. The molecule has 1 aromatic rings. The van der Waals surface area contributed by atoms with Gasteiger partial charge in [-0.1, -0.05) is 24.8 Å². The van der Waals surface area contributed by atoms with Crippen molar-refractivity contribution >= 4 is 11.9 Å². The Kier molecular flexibility index (Phi) is 4.48. The fourth-order valence-electron chi connectivity index (χ4n) is 1.18. The first-order valence-corrected chi connectivity index (χ1v) is 5.38. The Labute approximate surface area is 104 Å². The van der Waals surface area contributed by atoms with E-state index in [9.17, 15) is 13.2 Å². The van der Waals surface area contributed by atoms with Gasteiger partial charge in [-0.05, 0) is 37.1 Å². The maximum absolute atomic E-state index is 12.4. The molecule has 0 fully saturated rings. The molecule has 0 aliphatic heterocycles. The second-order valence-electron chi connectivity index (χ2n) is 3.81. The van der Waals surface area contributed by atoms with E-state index in [0.717, 1.165) is 17.7 Å². The van der Waals surface area contributed by atoms with Gasteiger partial charge in [-0.15, -0.1) is 0 Å². The van der Waals surface area contributed by atoms with Crippen LogP contribution in [0.1, 0.15) is 25.0 Å². The van der Waals surface area contributed by atoms with Crippen LogP contribution in [-0.2, 0) is 6.18 Å². The van der Waals surface area contributed by atoms with Crippen LogP contribution in [-0.4, -0.2) is 6.21 Å². The highest BCUT2D eigenvalue weighted by molar-refractivity contribution is 5.83. The first-order chi connectivity index (χ1) is 8.34. The van der Waals surface area contributed by atoms with E-state index in [1.165, 1.54) is 12.1 Å². The molecule has 0 saturated carbocycles. The van der Waals surface area contributed by atoms with E-state index >= 15 is 0 Å². The number of hydrogen-bond donors (Lipinski definition) is 0. The lowest BCUT2D eigenvalue weighted by Crippen LogP contribution is -2.04. The Balaban J connectivity index is 2.86. The quantitative estimate of drug-likeness (QED) is 0.691. The van der Waals surface area contributed by atoms with Gasteiger partial charge in [-0.2, -0.15) is 13.2 Å². The van der Waals surface area contributed by atoms with Gasteiger partial charge in [0.15, 0.2) is 0 Å². The molecule has 0 aliphatic rings. The first kappa shape index (κ1) is 14.2. The normalized spacial score (nSPS) is 13.1. The maximum atomic E-state index is 12.4. The molecular formula is C14H14F3N. The molecule has 0 aliphatic carbocycles. The smallest absolute Gasteiger partial charge is 0.257 e. The van der Waals surface area contributed by atoms with Gasteiger partial charge < -0.3 is 0 Å². The molecule has 0 unspecified atom stereocenters. The average Bonchev–Trinajstić information content (AvgIpc) is 2.34. The van der Waals surface area contributed by atoms with E-state index in [1.54, 1.807) is 6.21 Å². The van der Waals surface area contributed by atoms with Gasteiger partial charge in [0.25, 0.3) is 0 Å². The molecule has 0 heterocycles. The van der Waals surface area contributed by atoms with Crippen LogP contribution in [0.15, 0.2) is 47.5 Å². The van der Waals surface area contributed by atoms with Crippen LogP contribution in [0.2, 0.25) is 0 Å². The number of halogens is 3. The molecule has 18 heavy (non-hydrogen) atoms. The third kappa shape index (κ3) is 3.87. The minimum absolute atomic E-state index is 0.435. The average molecular weight is 253 g/mol. The Morgan fingerprint density at radius 3 is 2.22 bits per heavy atom. The highest BCUT2D eigenvalue weighted by Gasteiger charge is 2.29. The summed E-state index contributed by atoms with van der Waals surface area (Å²) < 4.78 is 37.1. The standard InChI is InChI=1S/C14H14F3N/c1-4-10(2)9-18-11(3)12-5-7-13(8-6-12)14(15,16)17/h4-9H,3H2,1-2H3/b10-4-,18-9?. The van der Waals surface area contributed by atoms with Crippen molar-refractivity contribution in [2.75, 3.05) is 0 Å². The Morgan fingerprint density at radius 1 is 1.22 bits per heavy atom. The molecule has 0 radical (unpaired) electrons. The monoisotopic (exact) mass is 253 g/mol. The van der Waals surface area contributed by atoms with Crippen LogP contribution in [0.5, 0.6) is 0 Å². The third-order valence-corrected chi connectivity index (χ3v) is 2.42. The Morgan fingerprint density at radius 2 is 1.78 bits per heavy atom. The Bertz CT molecular complexity index is 479. The van der Waals surface area contributed by atoms with Crippen LogP contribution in [0.4, 0.5) is 13.2 Å². The lowest BCUT2D eigenvalue weighted by atomic mass is 10.1. The molecule has 0 atom stereocenters. The number of allylic oxidation sites excluding steroid dienone is 2. The Hall–Kier alpha value is -1.84. The van der Waals surface area contributed by atoms with Crippen LogP contribution >= 0.6 is 0 Å². The van der Waals surface area contributed by atoms with Crippen molar-refractivity contribution in [1.29, 1.82) is 0 Å². The number of benzene rings is 1. The zero-order valence-electron chi connectivity index (χ0n) is 10.3. The molecule has 1 nitrogen and oxygen atoms in total. The van der Waals surface area contributed by atoms with E-state index < -0.39 is 11.7 Å². The van der Waals surface area contributed by atoms with Crippen molar-refractivity contribution in [1.82, 2.24) is 0 Å². The van der Waals surface area contributed by atoms with Gasteiger partial charge in [0, 0.05) is 6.21 Å². The fourth-order valence-corrected chi connectivity index (χ4v) is 1.18. The minimum Gasteiger partial charge on any atom is -0.257 e. The van der Waals surface area contributed by atoms with Gasteiger partial charge in [0.2, 0.25) is 0 Å². The van der Waals surface area contributed by atoms with E-state index in [0.29, 0.717) is 11.3 Å². The van der Waals surface area contributed by atoms with Crippen molar-refractivity contribution in [3.05, 3.63) is 53.6 Å². The van der Waals surface area contributed by atoms with E-state index in [2.05, 4.69) is 11.6 Å². The van der Waals surface area contributed by atoms with Crippen LogP contribution in [0.3, 0.4) is 0 Å². The predicted molar refractivity (Wildman–Crippen MR) is 68.4 cm³/mol. The summed E-state index contributed by atoms with van der Waals surface area (Å²) in [6.07, 6.45) is -0.811. The third-order valence-electron chi connectivity index (χ3n) is 2.42. The summed E-state index contributed by atoms with van der Waals surface area (Å²) in [5.41, 5.74) is 1.30. The molecule has 4 heteroatoms. The summed E-state index contributed by atoms with van der Waals surface area (Å²) in [6.45, 7) is 7.47. The zero-order chi connectivity index (χ0) is 13.8. The SMILES string of the molecule is C=C(N=C/C(C)=C\C)c1ccc(C(F)(F)F)cc1. The summed E-state index contributed by atoms with van der Waals surface area (Å²) in [5.74, 6) is 0. The largest absolute Gasteiger partial charge is 0.416 e. The second kappa shape index (κ2) is 5.67. The van der Waals surface area contributed by atoms with Crippen LogP contribution in [0.25, 0.3) is 5.70 Å². The van der Waals surface area contributed by atoms with E-state index in [4.69, 9.17) is 0 Å². The van der Waals surface area contributed by atoms with Gasteiger partial charge in [-0.3, -0.25) is 4.99 Å². The van der Waals surface area contributed by atoms with Gasteiger partial charge >= 0.3 is 6.18 Å². The molecule has 0 amide bonds. The lowest BCUT2D eigenvalue weighted by Gasteiger charge is -2.07. The zero-order valence-corrected chi connectivity index (χ0v) is 10.3. The number of nitrogens with zero attached hydrogens (tertiary/aromatic N) is 1. The van der Waals surface area contributed by atoms with Gasteiger partial charge in [-0.25, -0.2) is 0 Å². The van der Waals surface area contributed by atoms with Gasteiger partial charge in [0.05, 0.1) is 11.3 Å². The number of hydrogen-bond acceptors (Lipinski definition) is 1. The minimum atomic E-state index is -4.31. The van der Waals surface area contributed by atoms with Crippen LogP contribution in [0, 0.1) is 0 Å². The number of aliphatic imine (C=N–C) groups is 1. The van der Waals surface area contributed by atoms with Crippen molar-refractivity contribution in [2.45, 2.75) is 20.0 Å². The molecule has 0 saturated heterocycles. The second-order valence-corrected chi connectivity index (χ2v) is 3.81. The fraction of sp³-hybridized carbons (Fsp3) is 0.214. The van der Waals surface area contributed by atoms with Crippen molar-refractivity contribution in [3.8, 4) is 0 Å². The summed E-state index contributed by atoms with van der Waals surface area (Å²) in [5, 5.41) is 0.